The zero-order valence-corrected chi connectivity index (χ0v) is 7.73. The van der Waals surface area contributed by atoms with Crippen LogP contribution in [0.4, 0.5) is 11.4 Å². The Morgan fingerprint density at radius 1 is 1.17 bits per heavy atom. The zero-order chi connectivity index (χ0) is 9.14. The molecular formula is C8H8Cl2N2. The van der Waals surface area contributed by atoms with Crippen molar-refractivity contribution in [3.63, 3.8) is 0 Å². The Hall–Kier alpha value is -0.860. The van der Waals surface area contributed by atoms with Crippen molar-refractivity contribution in [2.45, 2.75) is 0 Å². The molecule has 12 heavy (non-hydrogen) atoms. The van der Waals surface area contributed by atoms with Gasteiger partial charge in [-0.2, -0.15) is 0 Å². The molecule has 0 aliphatic rings. The second kappa shape index (κ2) is 3.70. The summed E-state index contributed by atoms with van der Waals surface area (Å²) in [6, 6.07) is 5.20. The summed E-state index contributed by atoms with van der Waals surface area (Å²) in [5.41, 5.74) is 13.0. The van der Waals surface area contributed by atoms with Crippen molar-refractivity contribution in [2.24, 2.45) is 0 Å². The summed E-state index contributed by atoms with van der Waals surface area (Å²) in [4.78, 5) is 0. The Labute approximate surface area is 80.8 Å². The molecule has 1 aromatic rings. The molecular weight excluding hydrogens is 195 g/mol. The van der Waals surface area contributed by atoms with Crippen LogP contribution in [0.15, 0.2) is 22.7 Å². The lowest BCUT2D eigenvalue weighted by molar-refractivity contribution is 1.63. The van der Waals surface area contributed by atoms with E-state index in [2.05, 4.69) is 0 Å². The lowest BCUT2D eigenvalue weighted by atomic mass is 10.2. The van der Waals surface area contributed by atoms with Crippen LogP contribution in [-0.2, 0) is 0 Å². The standard InChI is InChI=1S/C8H8Cl2N2/c9-8(10)4-5-1-2-6(11)7(12)3-5/h1-4H,11-12H2. The van der Waals surface area contributed by atoms with Gasteiger partial charge in [0.25, 0.3) is 0 Å². The van der Waals surface area contributed by atoms with E-state index < -0.39 is 0 Å². The van der Waals surface area contributed by atoms with Crippen LogP contribution in [0.5, 0.6) is 0 Å². The highest BCUT2D eigenvalue weighted by molar-refractivity contribution is 6.57. The third-order valence-corrected chi connectivity index (χ3v) is 1.60. The summed E-state index contributed by atoms with van der Waals surface area (Å²) in [5.74, 6) is 0. The van der Waals surface area contributed by atoms with E-state index in [0.29, 0.717) is 11.4 Å². The molecule has 2 nitrogen and oxygen atoms in total. The van der Waals surface area contributed by atoms with Crippen LogP contribution >= 0.6 is 23.2 Å². The predicted molar refractivity (Wildman–Crippen MR) is 54.9 cm³/mol. The summed E-state index contributed by atoms with van der Waals surface area (Å²) < 4.78 is 0.194. The quantitative estimate of drug-likeness (QED) is 0.689. The van der Waals surface area contributed by atoms with Gasteiger partial charge in [0.05, 0.1) is 11.4 Å². The summed E-state index contributed by atoms with van der Waals surface area (Å²) in [7, 11) is 0. The van der Waals surface area contributed by atoms with E-state index in [0.717, 1.165) is 5.56 Å². The molecule has 0 fully saturated rings. The average Bonchev–Trinajstić information content (AvgIpc) is 1.96. The second-order valence-electron chi connectivity index (χ2n) is 2.32. The summed E-state index contributed by atoms with van der Waals surface area (Å²) in [5, 5.41) is 0. The Morgan fingerprint density at radius 3 is 2.33 bits per heavy atom. The topological polar surface area (TPSA) is 52.0 Å². The van der Waals surface area contributed by atoms with Gasteiger partial charge in [0.15, 0.2) is 0 Å². The van der Waals surface area contributed by atoms with Gasteiger partial charge in [0, 0.05) is 0 Å². The Bertz CT molecular complexity index is 317. The summed E-state index contributed by atoms with van der Waals surface area (Å²) >= 11 is 10.9. The largest absolute Gasteiger partial charge is 0.397 e. The normalized spacial score (nSPS) is 9.50. The van der Waals surface area contributed by atoms with Crippen molar-refractivity contribution < 1.29 is 0 Å². The fraction of sp³-hybridized carbons (Fsp3) is 0. The van der Waals surface area contributed by atoms with Crippen LogP contribution < -0.4 is 11.5 Å². The molecule has 1 rings (SSSR count). The second-order valence-corrected chi connectivity index (χ2v) is 3.33. The third kappa shape index (κ3) is 2.32. The highest BCUT2D eigenvalue weighted by Gasteiger charge is 1.95. The molecule has 0 atom stereocenters. The van der Waals surface area contributed by atoms with E-state index in [1.807, 2.05) is 0 Å². The minimum atomic E-state index is 0.194. The minimum absolute atomic E-state index is 0.194. The Balaban J connectivity index is 3.05. The molecule has 0 saturated heterocycles. The molecule has 4 N–H and O–H groups in total. The van der Waals surface area contributed by atoms with E-state index in [1.165, 1.54) is 0 Å². The van der Waals surface area contributed by atoms with Crippen molar-refractivity contribution in [1.82, 2.24) is 0 Å². The van der Waals surface area contributed by atoms with Crippen molar-refractivity contribution in [1.29, 1.82) is 0 Å². The van der Waals surface area contributed by atoms with E-state index in [1.54, 1.807) is 24.3 Å². The zero-order valence-electron chi connectivity index (χ0n) is 6.22. The van der Waals surface area contributed by atoms with Crippen LogP contribution in [0.2, 0.25) is 0 Å². The number of hydrogen-bond acceptors (Lipinski definition) is 2. The summed E-state index contributed by atoms with van der Waals surface area (Å²) in [6.45, 7) is 0. The van der Waals surface area contributed by atoms with Crippen LogP contribution in [0, 0.1) is 0 Å². The van der Waals surface area contributed by atoms with Crippen molar-refractivity contribution in [3.8, 4) is 0 Å². The van der Waals surface area contributed by atoms with Crippen molar-refractivity contribution >= 4 is 40.7 Å². The smallest absolute Gasteiger partial charge is 0.107 e. The van der Waals surface area contributed by atoms with E-state index in [9.17, 15) is 0 Å². The first-order valence-corrected chi connectivity index (χ1v) is 4.03. The number of nitrogens with two attached hydrogens (primary N) is 2. The molecule has 64 valence electrons. The monoisotopic (exact) mass is 202 g/mol. The van der Waals surface area contributed by atoms with Gasteiger partial charge in [-0.15, -0.1) is 0 Å². The molecule has 0 bridgehead atoms. The van der Waals surface area contributed by atoms with Gasteiger partial charge >= 0.3 is 0 Å². The molecule has 0 aliphatic carbocycles. The number of hydrogen-bond donors (Lipinski definition) is 2. The third-order valence-electron chi connectivity index (χ3n) is 1.39. The first-order chi connectivity index (χ1) is 5.59. The van der Waals surface area contributed by atoms with Gasteiger partial charge < -0.3 is 11.5 Å². The van der Waals surface area contributed by atoms with E-state index in [-0.39, 0.29) is 4.49 Å². The van der Waals surface area contributed by atoms with Crippen LogP contribution in [-0.4, -0.2) is 0 Å². The van der Waals surface area contributed by atoms with Gasteiger partial charge in [-0.25, -0.2) is 0 Å². The Morgan fingerprint density at radius 2 is 1.83 bits per heavy atom. The molecule has 4 heteroatoms. The number of nitrogen functional groups attached to an aromatic ring is 2. The molecule has 1 aromatic carbocycles. The lowest BCUT2D eigenvalue weighted by Gasteiger charge is -2.00. The average molecular weight is 203 g/mol. The molecule has 0 spiro atoms. The highest BCUT2D eigenvalue weighted by Crippen LogP contribution is 2.19. The molecule has 0 unspecified atom stereocenters. The lowest BCUT2D eigenvalue weighted by Crippen LogP contribution is -1.93. The number of rotatable bonds is 1. The fourth-order valence-corrected chi connectivity index (χ4v) is 1.06. The maximum absolute atomic E-state index is 5.56. The van der Waals surface area contributed by atoms with Crippen LogP contribution in [0.1, 0.15) is 5.56 Å². The summed E-state index contributed by atoms with van der Waals surface area (Å²) in [6.07, 6.45) is 1.60. The van der Waals surface area contributed by atoms with Gasteiger partial charge in [-0.05, 0) is 23.8 Å². The van der Waals surface area contributed by atoms with Gasteiger partial charge in [0.1, 0.15) is 4.49 Å². The first kappa shape index (κ1) is 9.23. The Kier molecular flexibility index (Phi) is 2.84. The number of benzene rings is 1. The maximum atomic E-state index is 5.56. The molecule has 0 heterocycles. The van der Waals surface area contributed by atoms with Gasteiger partial charge in [0.2, 0.25) is 0 Å². The molecule has 0 aromatic heterocycles. The van der Waals surface area contributed by atoms with Crippen LogP contribution in [0.25, 0.3) is 6.08 Å². The molecule has 0 saturated carbocycles. The van der Waals surface area contributed by atoms with Crippen molar-refractivity contribution in [3.05, 3.63) is 28.3 Å². The highest BCUT2D eigenvalue weighted by atomic mass is 35.5. The number of halogens is 2. The predicted octanol–water partition coefficient (Wildman–Crippen LogP) is 2.63. The van der Waals surface area contributed by atoms with Gasteiger partial charge in [-0.1, -0.05) is 29.3 Å². The maximum Gasteiger partial charge on any atom is 0.107 e. The molecule has 0 radical (unpaired) electrons. The molecule has 0 amide bonds. The minimum Gasteiger partial charge on any atom is -0.397 e. The van der Waals surface area contributed by atoms with Crippen molar-refractivity contribution in [2.75, 3.05) is 11.5 Å². The molecule has 0 aliphatic heterocycles. The number of anilines is 2. The van der Waals surface area contributed by atoms with E-state index >= 15 is 0 Å². The fourth-order valence-electron chi connectivity index (χ4n) is 0.809. The van der Waals surface area contributed by atoms with Crippen LogP contribution in [0.3, 0.4) is 0 Å². The first-order valence-electron chi connectivity index (χ1n) is 3.27. The van der Waals surface area contributed by atoms with Gasteiger partial charge in [-0.3, -0.25) is 0 Å². The van der Waals surface area contributed by atoms with E-state index in [4.69, 9.17) is 34.7 Å². The SMILES string of the molecule is Nc1ccc(C=C(Cl)Cl)cc1N.